The van der Waals surface area contributed by atoms with E-state index in [-0.39, 0.29) is 48.9 Å². The van der Waals surface area contributed by atoms with Gasteiger partial charge in [-0.3, -0.25) is 4.79 Å². The predicted molar refractivity (Wildman–Crippen MR) is 154 cm³/mol. The van der Waals surface area contributed by atoms with E-state index in [4.69, 9.17) is 43.1 Å². The molecule has 0 unspecified atom stereocenters. The quantitative estimate of drug-likeness (QED) is 0.272. The second-order valence-corrected chi connectivity index (χ2v) is 10.4. The van der Waals surface area contributed by atoms with E-state index in [0.29, 0.717) is 22.6 Å². The van der Waals surface area contributed by atoms with Crippen LogP contribution in [0.15, 0.2) is 71.8 Å². The van der Waals surface area contributed by atoms with Crippen LogP contribution in [0.2, 0.25) is 10.0 Å². The Morgan fingerprint density at radius 3 is 2.44 bits per heavy atom. The Balaban J connectivity index is 1.94. The topological polar surface area (TPSA) is 86.4 Å². The van der Waals surface area contributed by atoms with E-state index in [0.717, 1.165) is 23.2 Å². The zero-order valence-corrected chi connectivity index (χ0v) is 24.2. The molecule has 1 amide bonds. The van der Waals surface area contributed by atoms with Crippen molar-refractivity contribution in [1.29, 1.82) is 0 Å². The van der Waals surface area contributed by atoms with Gasteiger partial charge in [-0.15, -0.1) is 5.10 Å². The molecule has 0 spiro atoms. The minimum Gasteiger partial charge on any atom is -0.443 e. The van der Waals surface area contributed by atoms with Crippen molar-refractivity contribution in [3.63, 3.8) is 0 Å². The number of methoxy groups -OCH3 is 2. The number of halogens is 4. The summed E-state index contributed by atoms with van der Waals surface area (Å²) in [6, 6.07) is 16.8. The van der Waals surface area contributed by atoms with Gasteiger partial charge >= 0.3 is 0 Å². The Labute approximate surface area is 247 Å². The molecule has 0 fully saturated rings. The monoisotopic (exact) mass is 605 g/mol. The fraction of sp³-hybridized carbons (Fsp3) is 0.333. The van der Waals surface area contributed by atoms with Gasteiger partial charge in [0.05, 0.1) is 5.56 Å². The summed E-state index contributed by atoms with van der Waals surface area (Å²) < 4.78 is 47.0. The SMILES string of the molecule is COCC[C@](Cc1ccccc1Cl)(OC)C(=O)N1N=C(c2cc(F)ccc2F)O[C@@]1(CCCN)c1ccccc1Cl. The molecule has 1 heterocycles. The highest BCUT2D eigenvalue weighted by Crippen LogP contribution is 2.45. The number of benzene rings is 3. The second kappa shape index (κ2) is 13.3. The molecule has 7 nitrogen and oxygen atoms in total. The van der Waals surface area contributed by atoms with Gasteiger partial charge in [0.25, 0.3) is 5.91 Å². The van der Waals surface area contributed by atoms with Crippen LogP contribution in [0, 0.1) is 11.6 Å². The smallest absolute Gasteiger partial charge is 0.279 e. The molecule has 3 aromatic carbocycles. The average molecular weight is 606 g/mol. The second-order valence-electron chi connectivity index (χ2n) is 9.61. The van der Waals surface area contributed by atoms with Gasteiger partial charge in [0, 0.05) is 55.7 Å². The van der Waals surface area contributed by atoms with Crippen molar-refractivity contribution >= 4 is 35.0 Å². The van der Waals surface area contributed by atoms with Crippen molar-refractivity contribution in [2.45, 2.75) is 37.0 Å². The number of amides is 1. The molecule has 0 aromatic heterocycles. The van der Waals surface area contributed by atoms with E-state index in [1.54, 1.807) is 48.5 Å². The van der Waals surface area contributed by atoms with Gasteiger partial charge in [-0.05, 0) is 48.9 Å². The average Bonchev–Trinajstić information content (AvgIpc) is 3.36. The predicted octanol–water partition coefficient (Wildman–Crippen LogP) is 6.05. The van der Waals surface area contributed by atoms with Crippen LogP contribution in [0.4, 0.5) is 8.78 Å². The van der Waals surface area contributed by atoms with Crippen molar-refractivity contribution in [3.05, 3.63) is 105 Å². The molecule has 0 saturated carbocycles. The van der Waals surface area contributed by atoms with Crippen LogP contribution in [-0.2, 0) is 31.2 Å². The molecule has 0 aliphatic carbocycles. The number of hydrogen-bond acceptors (Lipinski definition) is 6. The largest absolute Gasteiger partial charge is 0.443 e. The van der Waals surface area contributed by atoms with E-state index in [1.165, 1.54) is 14.2 Å². The molecular weight excluding hydrogens is 575 g/mol. The van der Waals surface area contributed by atoms with Crippen LogP contribution >= 0.6 is 23.2 Å². The summed E-state index contributed by atoms with van der Waals surface area (Å²) in [6.45, 7) is 0.412. The van der Waals surface area contributed by atoms with Crippen LogP contribution in [0.3, 0.4) is 0 Å². The number of rotatable bonds is 12. The molecule has 3 aromatic rings. The van der Waals surface area contributed by atoms with Crippen molar-refractivity contribution in [1.82, 2.24) is 5.01 Å². The zero-order valence-electron chi connectivity index (χ0n) is 22.7. The summed E-state index contributed by atoms with van der Waals surface area (Å²) in [4.78, 5) is 14.8. The van der Waals surface area contributed by atoms with Crippen LogP contribution < -0.4 is 5.73 Å². The van der Waals surface area contributed by atoms with Gasteiger partial charge < -0.3 is 19.9 Å². The van der Waals surface area contributed by atoms with Crippen molar-refractivity contribution < 1.29 is 27.8 Å². The first-order valence-electron chi connectivity index (χ1n) is 13.0. The van der Waals surface area contributed by atoms with Crippen molar-refractivity contribution in [3.8, 4) is 0 Å². The van der Waals surface area contributed by atoms with Crippen LogP contribution in [0.1, 0.15) is 36.0 Å². The number of nitrogens with two attached hydrogens (primary N) is 1. The lowest BCUT2D eigenvalue weighted by atomic mass is 9.87. The first kappa shape index (κ1) is 30.9. The van der Waals surface area contributed by atoms with E-state index in [9.17, 15) is 9.18 Å². The van der Waals surface area contributed by atoms with E-state index in [1.807, 2.05) is 0 Å². The maximum atomic E-state index is 15.0. The highest BCUT2D eigenvalue weighted by atomic mass is 35.5. The lowest BCUT2D eigenvalue weighted by Crippen LogP contribution is -2.56. The highest BCUT2D eigenvalue weighted by Gasteiger charge is 2.56. The fourth-order valence-corrected chi connectivity index (χ4v) is 5.38. The molecule has 1 aliphatic rings. The molecule has 1 aliphatic heterocycles. The summed E-state index contributed by atoms with van der Waals surface area (Å²) >= 11 is 13.2. The minimum atomic E-state index is -1.65. The van der Waals surface area contributed by atoms with Gasteiger partial charge in [0.2, 0.25) is 11.6 Å². The van der Waals surface area contributed by atoms with Crippen LogP contribution in [-0.4, -0.2) is 49.8 Å². The molecule has 0 radical (unpaired) electrons. The summed E-state index contributed by atoms with van der Waals surface area (Å²) in [5.41, 5.74) is 3.50. The number of hydrazone groups is 1. The van der Waals surface area contributed by atoms with E-state index in [2.05, 4.69) is 5.10 Å². The molecule has 218 valence electrons. The maximum Gasteiger partial charge on any atom is 0.279 e. The summed E-state index contributed by atoms with van der Waals surface area (Å²) in [5, 5.41) is 6.34. The summed E-state index contributed by atoms with van der Waals surface area (Å²) in [6.07, 6.45) is 0.705. The van der Waals surface area contributed by atoms with Crippen molar-refractivity contribution in [2.75, 3.05) is 27.4 Å². The van der Waals surface area contributed by atoms with E-state index >= 15 is 4.39 Å². The number of carbonyl (C=O) groups is 1. The molecule has 0 saturated heterocycles. The number of hydrogen-bond donors (Lipinski definition) is 1. The van der Waals surface area contributed by atoms with Crippen LogP contribution in [0.5, 0.6) is 0 Å². The molecule has 11 heteroatoms. The van der Waals surface area contributed by atoms with Gasteiger partial charge in [0.15, 0.2) is 5.60 Å². The summed E-state index contributed by atoms with van der Waals surface area (Å²) in [7, 11) is 2.92. The van der Waals surface area contributed by atoms with Crippen LogP contribution in [0.25, 0.3) is 0 Å². The molecule has 41 heavy (non-hydrogen) atoms. The van der Waals surface area contributed by atoms with E-state index < -0.39 is 28.9 Å². The van der Waals surface area contributed by atoms with Gasteiger partial charge in [-0.1, -0.05) is 59.6 Å². The normalized spacial score (nSPS) is 18.1. The zero-order chi connectivity index (χ0) is 29.6. The minimum absolute atomic E-state index is 0.0660. The number of ether oxygens (including phenoxy) is 3. The standard InChI is InChI=1S/C30H31Cl2F2N3O4/c1-39-17-15-29(40-2,19-20-8-3-5-10-24(20)31)28(38)37-30(14-7-16-35,23-9-4-6-11-25(23)32)41-27(36-37)22-18-21(33)12-13-26(22)34/h3-6,8-13,18H,7,14-17,19,35H2,1-2H3/t29-,30+/m1/s1. The fourth-order valence-electron chi connectivity index (χ4n) is 4.90. The molecular formula is C30H31Cl2F2N3O4. The third-order valence-electron chi connectivity index (χ3n) is 7.09. The van der Waals surface area contributed by atoms with Crippen molar-refractivity contribution in [2.24, 2.45) is 10.8 Å². The Kier molecular flexibility index (Phi) is 9.99. The Morgan fingerprint density at radius 2 is 1.78 bits per heavy atom. The first-order chi connectivity index (χ1) is 19.7. The Morgan fingerprint density at radius 1 is 1.07 bits per heavy atom. The molecule has 0 bridgehead atoms. The molecule has 2 atom stereocenters. The summed E-state index contributed by atoms with van der Waals surface area (Å²) in [5.74, 6) is -2.38. The lowest BCUT2D eigenvalue weighted by Gasteiger charge is -2.41. The third kappa shape index (κ3) is 6.24. The Hall–Kier alpha value is -3.08. The molecule has 4 rings (SSSR count). The maximum absolute atomic E-state index is 15.0. The van der Waals surface area contributed by atoms with Gasteiger partial charge in [-0.2, -0.15) is 5.01 Å². The highest BCUT2D eigenvalue weighted by molar-refractivity contribution is 6.31. The lowest BCUT2D eigenvalue weighted by molar-refractivity contribution is -0.177. The third-order valence-corrected chi connectivity index (χ3v) is 7.79. The Bertz CT molecular complexity index is 1430. The van der Waals surface area contributed by atoms with Gasteiger partial charge in [0.1, 0.15) is 11.6 Å². The number of carbonyl (C=O) groups excluding carboxylic acids is 1. The molecule has 2 N–H and O–H groups in total. The first-order valence-corrected chi connectivity index (χ1v) is 13.8. The van der Waals surface area contributed by atoms with Gasteiger partial charge in [-0.25, -0.2) is 8.78 Å². The number of nitrogens with zero attached hydrogens (tertiary/aromatic N) is 2.